The zero-order valence-electron chi connectivity index (χ0n) is 35.5. The summed E-state index contributed by atoms with van der Waals surface area (Å²) in [6.45, 7) is 4.79. The summed E-state index contributed by atoms with van der Waals surface area (Å²) in [6.07, 6.45) is 42.5. The van der Waals surface area contributed by atoms with Gasteiger partial charge < -0.3 is 19.8 Å². The molecule has 0 aliphatic heterocycles. The van der Waals surface area contributed by atoms with Gasteiger partial charge in [-0.05, 0) is 44.9 Å². The number of allylic oxidation sites excluding steroid dienone is 3. The third kappa shape index (κ3) is 39.0. The maximum absolute atomic E-state index is 12.8. The van der Waals surface area contributed by atoms with Gasteiger partial charge in [-0.1, -0.05) is 173 Å². The van der Waals surface area contributed by atoms with E-state index in [0.29, 0.717) is 17.4 Å². The number of aliphatic hydroxyl groups is 1. The number of hydrogen-bond acceptors (Lipinski definition) is 5. The van der Waals surface area contributed by atoms with E-state index in [2.05, 4.69) is 31.3 Å². The number of phosphoric acid groups is 1. The molecule has 314 valence electrons. The first kappa shape index (κ1) is 52.0. The summed E-state index contributed by atoms with van der Waals surface area (Å²) in [6, 6.07) is -0.844. The molecule has 3 atom stereocenters. The summed E-state index contributed by atoms with van der Waals surface area (Å²) < 4.78 is 23.5. The number of quaternary nitrogens is 1. The van der Waals surface area contributed by atoms with Crippen molar-refractivity contribution < 1.29 is 32.9 Å². The SMILES string of the molecule is CCCCCCCCCC/C=C/C(O)C(COP(=O)(O)OCC[N+](C)(C)C)NC(=O)CCCCCCCCC/C=C\CCCCCCCCCCCC. The fraction of sp³-hybridized carbons (Fsp3) is 0.886. The van der Waals surface area contributed by atoms with Gasteiger partial charge in [0.25, 0.3) is 0 Å². The van der Waals surface area contributed by atoms with Gasteiger partial charge in [0, 0.05) is 6.42 Å². The Morgan fingerprint density at radius 1 is 0.623 bits per heavy atom. The highest BCUT2D eigenvalue weighted by molar-refractivity contribution is 7.47. The lowest BCUT2D eigenvalue weighted by Crippen LogP contribution is -2.45. The first-order chi connectivity index (χ1) is 25.5. The molecule has 1 amide bonds. The number of amides is 1. The van der Waals surface area contributed by atoms with E-state index in [4.69, 9.17) is 9.05 Å². The van der Waals surface area contributed by atoms with Gasteiger partial charge in [0.1, 0.15) is 13.2 Å². The molecular formula is C44H88N2O6P+. The van der Waals surface area contributed by atoms with Gasteiger partial charge in [-0.2, -0.15) is 0 Å². The van der Waals surface area contributed by atoms with Crippen molar-refractivity contribution in [1.29, 1.82) is 0 Å². The zero-order valence-corrected chi connectivity index (χ0v) is 36.4. The van der Waals surface area contributed by atoms with Crippen molar-refractivity contribution in [1.82, 2.24) is 5.32 Å². The number of carbonyl (C=O) groups is 1. The molecule has 3 N–H and O–H groups in total. The van der Waals surface area contributed by atoms with E-state index in [1.54, 1.807) is 6.08 Å². The first-order valence-electron chi connectivity index (χ1n) is 22.2. The molecule has 0 aromatic heterocycles. The lowest BCUT2D eigenvalue weighted by molar-refractivity contribution is -0.870. The van der Waals surface area contributed by atoms with Crippen molar-refractivity contribution in [3.8, 4) is 0 Å². The molecule has 0 aliphatic carbocycles. The number of carbonyl (C=O) groups excluding carboxylic acids is 1. The van der Waals surface area contributed by atoms with Crippen LogP contribution in [-0.2, 0) is 18.4 Å². The highest BCUT2D eigenvalue weighted by Crippen LogP contribution is 2.43. The van der Waals surface area contributed by atoms with Crippen molar-refractivity contribution in [3.63, 3.8) is 0 Å². The second-order valence-corrected chi connectivity index (χ2v) is 17.9. The minimum absolute atomic E-state index is 0.0614. The van der Waals surface area contributed by atoms with Crippen LogP contribution in [0.5, 0.6) is 0 Å². The van der Waals surface area contributed by atoms with Crippen molar-refractivity contribution in [2.75, 3.05) is 40.9 Å². The second kappa shape index (κ2) is 36.6. The number of hydrogen-bond donors (Lipinski definition) is 3. The fourth-order valence-corrected chi connectivity index (χ4v) is 7.07. The molecule has 0 heterocycles. The van der Waals surface area contributed by atoms with Crippen molar-refractivity contribution in [2.45, 2.75) is 212 Å². The van der Waals surface area contributed by atoms with E-state index in [1.807, 2.05) is 27.2 Å². The molecule has 9 heteroatoms. The molecule has 0 aromatic rings. The predicted molar refractivity (Wildman–Crippen MR) is 226 cm³/mol. The van der Waals surface area contributed by atoms with Gasteiger partial charge in [0.15, 0.2) is 0 Å². The predicted octanol–water partition coefficient (Wildman–Crippen LogP) is 12.1. The summed E-state index contributed by atoms with van der Waals surface area (Å²) in [7, 11) is 1.57. The van der Waals surface area contributed by atoms with Crippen LogP contribution >= 0.6 is 7.82 Å². The topological polar surface area (TPSA) is 105 Å². The highest BCUT2D eigenvalue weighted by atomic mass is 31.2. The van der Waals surface area contributed by atoms with Crippen LogP contribution in [0.2, 0.25) is 0 Å². The molecule has 0 bridgehead atoms. The van der Waals surface area contributed by atoms with E-state index >= 15 is 0 Å². The molecule has 0 aromatic carbocycles. The molecule has 0 radical (unpaired) electrons. The minimum atomic E-state index is -4.33. The Kier molecular flexibility index (Phi) is 35.9. The van der Waals surface area contributed by atoms with Gasteiger partial charge in [0.05, 0.1) is 39.9 Å². The summed E-state index contributed by atoms with van der Waals surface area (Å²) in [5.74, 6) is -0.183. The Balaban J connectivity index is 4.29. The largest absolute Gasteiger partial charge is 0.472 e. The highest BCUT2D eigenvalue weighted by Gasteiger charge is 2.27. The van der Waals surface area contributed by atoms with E-state index < -0.39 is 20.0 Å². The van der Waals surface area contributed by atoms with E-state index in [-0.39, 0.29) is 19.1 Å². The van der Waals surface area contributed by atoms with Crippen LogP contribution in [0.1, 0.15) is 200 Å². The smallest absolute Gasteiger partial charge is 0.387 e. The molecule has 0 rings (SSSR count). The van der Waals surface area contributed by atoms with E-state index in [0.717, 1.165) is 38.5 Å². The number of phosphoric ester groups is 1. The van der Waals surface area contributed by atoms with Crippen LogP contribution in [0.4, 0.5) is 0 Å². The van der Waals surface area contributed by atoms with Crippen molar-refractivity contribution >= 4 is 13.7 Å². The van der Waals surface area contributed by atoms with E-state index in [9.17, 15) is 19.4 Å². The summed E-state index contributed by atoms with van der Waals surface area (Å²) in [5.41, 5.74) is 0. The average molecular weight is 772 g/mol. The molecule has 0 aliphatic rings. The Morgan fingerprint density at radius 2 is 1.02 bits per heavy atom. The second-order valence-electron chi connectivity index (χ2n) is 16.4. The molecule has 0 saturated carbocycles. The van der Waals surface area contributed by atoms with Gasteiger partial charge >= 0.3 is 7.82 Å². The Labute approximate surface area is 328 Å². The normalized spacial score (nSPS) is 14.6. The number of aliphatic hydroxyl groups excluding tert-OH is 1. The fourth-order valence-electron chi connectivity index (χ4n) is 6.33. The van der Waals surface area contributed by atoms with Crippen LogP contribution in [-0.4, -0.2) is 73.4 Å². The van der Waals surface area contributed by atoms with Gasteiger partial charge in [0.2, 0.25) is 5.91 Å². The molecule has 3 unspecified atom stereocenters. The third-order valence-corrected chi connectivity index (χ3v) is 10.9. The molecule has 8 nitrogen and oxygen atoms in total. The van der Waals surface area contributed by atoms with Crippen LogP contribution in [0.25, 0.3) is 0 Å². The Hall–Kier alpha value is -1.02. The van der Waals surface area contributed by atoms with Crippen LogP contribution in [0.15, 0.2) is 24.3 Å². The van der Waals surface area contributed by atoms with Crippen LogP contribution in [0, 0.1) is 0 Å². The number of likely N-dealkylation sites (N-methyl/N-ethyl adjacent to an activating group) is 1. The first-order valence-corrected chi connectivity index (χ1v) is 23.7. The maximum atomic E-state index is 12.8. The number of nitrogens with zero attached hydrogens (tertiary/aromatic N) is 1. The standard InChI is InChI=1S/C44H87N2O6P/c1-6-8-10-12-14-16-18-19-20-21-22-23-24-25-26-27-28-30-32-34-36-38-44(48)45-42(41-52-53(49,50)51-40-39-46(3,4)5)43(47)37-35-33-31-29-17-15-13-11-9-7-2/h23-24,35,37,42-43,47H,6-22,25-34,36,38-41H2,1-5H3,(H-,45,48,49,50)/p+1/b24-23-,37-35+. The quantitative estimate of drug-likeness (QED) is 0.0248. The summed E-state index contributed by atoms with van der Waals surface area (Å²) in [4.78, 5) is 23.1. The molecule has 0 saturated heterocycles. The lowest BCUT2D eigenvalue weighted by atomic mass is 10.1. The maximum Gasteiger partial charge on any atom is 0.472 e. The lowest BCUT2D eigenvalue weighted by Gasteiger charge is -2.25. The van der Waals surface area contributed by atoms with Crippen molar-refractivity contribution in [3.05, 3.63) is 24.3 Å². The molecular weight excluding hydrogens is 683 g/mol. The third-order valence-electron chi connectivity index (χ3n) is 9.92. The monoisotopic (exact) mass is 772 g/mol. The minimum Gasteiger partial charge on any atom is -0.387 e. The van der Waals surface area contributed by atoms with Gasteiger partial charge in [-0.25, -0.2) is 4.57 Å². The van der Waals surface area contributed by atoms with Gasteiger partial charge in [-0.3, -0.25) is 13.8 Å². The van der Waals surface area contributed by atoms with Crippen LogP contribution < -0.4 is 5.32 Å². The van der Waals surface area contributed by atoms with Crippen LogP contribution in [0.3, 0.4) is 0 Å². The van der Waals surface area contributed by atoms with Gasteiger partial charge in [-0.15, -0.1) is 0 Å². The Bertz CT molecular complexity index is 922. The number of unbranched alkanes of at least 4 members (excludes halogenated alkanes) is 25. The number of nitrogens with one attached hydrogen (secondary N) is 1. The summed E-state index contributed by atoms with van der Waals surface area (Å²) in [5, 5.41) is 13.8. The average Bonchev–Trinajstić information content (AvgIpc) is 3.10. The Morgan fingerprint density at radius 3 is 1.45 bits per heavy atom. The molecule has 0 spiro atoms. The zero-order chi connectivity index (χ0) is 39.3. The number of rotatable bonds is 40. The van der Waals surface area contributed by atoms with Crippen molar-refractivity contribution in [2.24, 2.45) is 0 Å². The molecule has 0 fully saturated rings. The summed E-state index contributed by atoms with van der Waals surface area (Å²) >= 11 is 0. The molecule has 53 heavy (non-hydrogen) atoms. The van der Waals surface area contributed by atoms with E-state index in [1.165, 1.54) is 141 Å².